The normalized spacial score (nSPS) is 20.0. The van der Waals surface area contributed by atoms with Crippen LogP contribution in [-0.4, -0.2) is 29.9 Å². The molecule has 24 heavy (non-hydrogen) atoms. The van der Waals surface area contributed by atoms with E-state index in [0.717, 1.165) is 0 Å². The summed E-state index contributed by atoms with van der Waals surface area (Å²) in [5.41, 5.74) is 0.233. The molecule has 3 rings (SSSR count). The van der Waals surface area contributed by atoms with Crippen molar-refractivity contribution < 1.29 is 22.3 Å². The molecule has 0 spiro atoms. The van der Waals surface area contributed by atoms with E-state index in [1.54, 1.807) is 24.3 Å². The van der Waals surface area contributed by atoms with Gasteiger partial charge in [-0.15, -0.1) is 0 Å². The number of nitriles is 1. The van der Waals surface area contributed by atoms with Crippen molar-refractivity contribution in [1.29, 1.82) is 5.26 Å². The number of benzene rings is 2. The molecule has 1 aliphatic heterocycles. The quantitative estimate of drug-likeness (QED) is 0.861. The van der Waals surface area contributed by atoms with E-state index < -0.39 is 25.7 Å². The smallest absolute Gasteiger partial charge is 0.187 e. The van der Waals surface area contributed by atoms with Gasteiger partial charge in [0.1, 0.15) is 17.1 Å². The van der Waals surface area contributed by atoms with E-state index in [1.165, 1.54) is 24.3 Å². The van der Waals surface area contributed by atoms with Crippen LogP contribution < -0.4 is 4.74 Å². The molecular weight excluding hydrogens is 350 g/mol. The van der Waals surface area contributed by atoms with Crippen molar-refractivity contribution in [2.45, 2.75) is 15.0 Å². The highest BCUT2D eigenvalue weighted by Crippen LogP contribution is 2.63. The highest BCUT2D eigenvalue weighted by atomic mass is 32.3. The second-order valence-electron chi connectivity index (χ2n) is 5.29. The summed E-state index contributed by atoms with van der Waals surface area (Å²) in [5, 5.41) is 7.57. The lowest BCUT2D eigenvalue weighted by atomic mass is 10.1. The number of fused-ring (bicyclic) bond motifs is 1. The molecule has 2 aromatic rings. The van der Waals surface area contributed by atoms with Crippen LogP contribution in [-0.2, 0) is 9.84 Å². The van der Waals surface area contributed by atoms with E-state index in [4.69, 9.17) is 10.00 Å². The van der Waals surface area contributed by atoms with Crippen LogP contribution in [0, 0.1) is 11.3 Å². The van der Waals surface area contributed by atoms with Gasteiger partial charge in [0.15, 0.2) is 16.4 Å². The largest absolute Gasteiger partial charge is 0.478 e. The highest BCUT2D eigenvalue weighted by molar-refractivity contribution is 8.25. The van der Waals surface area contributed by atoms with Crippen molar-refractivity contribution >= 4 is 20.4 Å². The Labute approximate surface area is 141 Å². The molecule has 0 radical (unpaired) electrons. The number of nitrogens with zero attached hydrogens (tertiary/aromatic N) is 1. The Morgan fingerprint density at radius 2 is 1.88 bits per heavy atom. The Bertz CT molecular complexity index is 904. The topological polar surface area (TPSA) is 108 Å². The molecule has 2 N–H and O–H groups in total. The molecule has 0 aromatic heterocycles. The van der Waals surface area contributed by atoms with Gasteiger partial charge in [-0.1, -0.05) is 24.3 Å². The number of rotatable bonds is 4. The third-order valence-electron chi connectivity index (χ3n) is 3.82. The minimum atomic E-state index is -3.83. The maximum Gasteiger partial charge on any atom is 0.187 e. The standard InChI is InChI=1S/C16H15NO5S2/c17-9-10-22-13-7-4-8-14-16(13)15(11-23(14,18)19)24(20,21)12-5-2-1-3-6-12/h1-8,15,18-19H,10-11H2. The number of hydrogen-bond donors (Lipinski definition) is 2. The van der Waals surface area contributed by atoms with Gasteiger partial charge in [-0.25, -0.2) is 8.42 Å². The lowest BCUT2D eigenvalue weighted by Gasteiger charge is -2.27. The highest BCUT2D eigenvalue weighted by Gasteiger charge is 2.45. The molecule has 2 aromatic carbocycles. The number of sulfone groups is 1. The van der Waals surface area contributed by atoms with Crippen LogP contribution in [0.5, 0.6) is 5.75 Å². The molecule has 1 unspecified atom stereocenters. The van der Waals surface area contributed by atoms with Gasteiger partial charge < -0.3 is 4.74 Å². The summed E-state index contributed by atoms with van der Waals surface area (Å²) in [7, 11) is -7.07. The maximum atomic E-state index is 13.0. The van der Waals surface area contributed by atoms with E-state index in [9.17, 15) is 17.5 Å². The van der Waals surface area contributed by atoms with Gasteiger partial charge in [0.2, 0.25) is 0 Å². The number of ether oxygens (including phenoxy) is 1. The molecule has 126 valence electrons. The van der Waals surface area contributed by atoms with Crippen molar-refractivity contribution in [2.24, 2.45) is 0 Å². The summed E-state index contributed by atoms with van der Waals surface area (Å²) in [6.45, 7) is -0.256. The van der Waals surface area contributed by atoms with Gasteiger partial charge in [-0.3, -0.25) is 9.11 Å². The third kappa shape index (κ3) is 2.76. The summed E-state index contributed by atoms with van der Waals surface area (Å²) in [6.07, 6.45) is 0. The fourth-order valence-corrected chi connectivity index (χ4v) is 7.20. The molecule has 1 aliphatic rings. The second kappa shape index (κ2) is 6.11. The minimum Gasteiger partial charge on any atom is -0.478 e. The molecule has 0 amide bonds. The van der Waals surface area contributed by atoms with Crippen LogP contribution in [0.4, 0.5) is 0 Å². The molecule has 6 nitrogen and oxygen atoms in total. The first-order chi connectivity index (χ1) is 11.4. The van der Waals surface area contributed by atoms with E-state index >= 15 is 0 Å². The van der Waals surface area contributed by atoms with E-state index in [1.807, 2.05) is 6.07 Å². The zero-order valence-corrected chi connectivity index (χ0v) is 14.1. The first-order valence-electron chi connectivity index (χ1n) is 7.05. The van der Waals surface area contributed by atoms with Crippen molar-refractivity contribution in [3.63, 3.8) is 0 Å². The number of hydrogen-bond acceptors (Lipinski definition) is 6. The van der Waals surface area contributed by atoms with Crippen molar-refractivity contribution in [3.05, 3.63) is 54.1 Å². The molecule has 0 bridgehead atoms. The Kier molecular flexibility index (Phi) is 4.27. The van der Waals surface area contributed by atoms with Crippen molar-refractivity contribution in [3.8, 4) is 11.8 Å². The van der Waals surface area contributed by atoms with Gasteiger partial charge in [0, 0.05) is 5.56 Å². The average Bonchev–Trinajstić information content (AvgIpc) is 2.86. The van der Waals surface area contributed by atoms with Crippen LogP contribution in [0.3, 0.4) is 0 Å². The predicted molar refractivity (Wildman–Crippen MR) is 89.9 cm³/mol. The van der Waals surface area contributed by atoms with Gasteiger partial charge >= 0.3 is 0 Å². The zero-order chi connectivity index (χ0) is 17.4. The fraction of sp³-hybridized carbons (Fsp3) is 0.188. The van der Waals surface area contributed by atoms with Gasteiger partial charge in [-0.05, 0) is 24.3 Å². The van der Waals surface area contributed by atoms with E-state index in [-0.39, 0.29) is 33.5 Å². The van der Waals surface area contributed by atoms with Crippen LogP contribution in [0.2, 0.25) is 0 Å². The Morgan fingerprint density at radius 3 is 2.54 bits per heavy atom. The SMILES string of the molecule is N#CCOc1cccc2c1C(S(=O)(=O)c1ccccc1)CS2(O)O. The second-order valence-corrected chi connectivity index (χ2v) is 9.53. The lowest BCUT2D eigenvalue weighted by Crippen LogP contribution is -2.16. The summed E-state index contributed by atoms with van der Waals surface area (Å²) in [4.78, 5) is 0.274. The molecule has 0 saturated carbocycles. The van der Waals surface area contributed by atoms with Gasteiger partial charge in [0.25, 0.3) is 0 Å². The zero-order valence-electron chi connectivity index (χ0n) is 12.5. The van der Waals surface area contributed by atoms with E-state index in [0.29, 0.717) is 0 Å². The molecular formula is C16H15NO5S2. The Balaban J connectivity index is 2.16. The predicted octanol–water partition coefficient (Wildman–Crippen LogP) is 3.23. The minimum absolute atomic E-state index is 0.105. The monoisotopic (exact) mass is 365 g/mol. The molecule has 1 atom stereocenters. The molecule has 1 heterocycles. The third-order valence-corrected chi connectivity index (χ3v) is 7.97. The Morgan fingerprint density at radius 1 is 1.17 bits per heavy atom. The first kappa shape index (κ1) is 16.8. The molecule has 8 heteroatoms. The molecule has 0 fully saturated rings. The summed E-state index contributed by atoms with van der Waals surface area (Å²) in [5.74, 6) is -0.122. The Hall–Kier alpha value is -2.05. The van der Waals surface area contributed by atoms with Crippen molar-refractivity contribution in [2.75, 3.05) is 12.4 Å². The lowest BCUT2D eigenvalue weighted by molar-refractivity contribution is 0.362. The fourth-order valence-electron chi connectivity index (χ4n) is 2.77. The summed E-state index contributed by atoms with van der Waals surface area (Å²) < 4.78 is 51.9. The molecule has 0 aliphatic carbocycles. The summed E-state index contributed by atoms with van der Waals surface area (Å²) >= 11 is 0. The summed E-state index contributed by atoms with van der Waals surface area (Å²) in [6, 6.07) is 14.3. The maximum absolute atomic E-state index is 13.0. The van der Waals surface area contributed by atoms with Gasteiger partial charge in [-0.2, -0.15) is 15.9 Å². The van der Waals surface area contributed by atoms with E-state index in [2.05, 4.69) is 0 Å². The first-order valence-corrected chi connectivity index (χ1v) is 10.3. The van der Waals surface area contributed by atoms with Crippen LogP contribution >= 0.6 is 10.6 Å². The van der Waals surface area contributed by atoms with Crippen LogP contribution in [0.1, 0.15) is 10.8 Å². The van der Waals surface area contributed by atoms with Crippen LogP contribution in [0.25, 0.3) is 0 Å². The van der Waals surface area contributed by atoms with Crippen molar-refractivity contribution in [1.82, 2.24) is 0 Å². The molecule has 0 saturated heterocycles. The van der Waals surface area contributed by atoms with Gasteiger partial charge in [0.05, 0.1) is 15.5 Å². The van der Waals surface area contributed by atoms with Crippen LogP contribution in [0.15, 0.2) is 58.3 Å². The average molecular weight is 365 g/mol.